The summed E-state index contributed by atoms with van der Waals surface area (Å²) in [5.41, 5.74) is 1.01. The number of aromatic nitrogens is 1. The van der Waals surface area contributed by atoms with Crippen molar-refractivity contribution in [2.24, 2.45) is 5.92 Å². The standard InChI is InChI=1S/C12H17ClN2O/c1-16-12-4-2-3-11(15-12)8-14-7-9-5-10(13)6-9/h2-4,9-10,14H,5-8H2,1H3. The predicted octanol–water partition coefficient (Wildman–Crippen LogP) is 2.20. The average molecular weight is 241 g/mol. The second-order valence-corrected chi connectivity index (χ2v) is 4.85. The number of halogens is 1. The molecule has 2 rings (SSSR count). The number of hydrogen-bond donors (Lipinski definition) is 1. The second-order valence-electron chi connectivity index (χ2n) is 4.24. The molecular formula is C12H17ClN2O. The number of alkyl halides is 1. The summed E-state index contributed by atoms with van der Waals surface area (Å²) in [4.78, 5) is 4.34. The van der Waals surface area contributed by atoms with Crippen molar-refractivity contribution in [3.05, 3.63) is 23.9 Å². The first-order chi connectivity index (χ1) is 7.78. The number of hydrogen-bond acceptors (Lipinski definition) is 3. The number of rotatable bonds is 5. The number of ether oxygens (including phenoxy) is 1. The van der Waals surface area contributed by atoms with Crippen LogP contribution in [0.2, 0.25) is 0 Å². The molecule has 4 heteroatoms. The predicted molar refractivity (Wildman–Crippen MR) is 64.9 cm³/mol. The van der Waals surface area contributed by atoms with Crippen molar-refractivity contribution in [2.45, 2.75) is 24.8 Å². The van der Waals surface area contributed by atoms with Gasteiger partial charge in [0.15, 0.2) is 0 Å². The summed E-state index contributed by atoms with van der Waals surface area (Å²) in [6.07, 6.45) is 2.28. The fourth-order valence-corrected chi connectivity index (χ4v) is 2.40. The van der Waals surface area contributed by atoms with Gasteiger partial charge in [-0.3, -0.25) is 0 Å². The molecule has 0 saturated heterocycles. The Balaban J connectivity index is 1.72. The lowest BCUT2D eigenvalue weighted by Crippen LogP contribution is -2.33. The molecule has 88 valence electrons. The smallest absolute Gasteiger partial charge is 0.213 e. The molecule has 0 aromatic carbocycles. The van der Waals surface area contributed by atoms with Crippen molar-refractivity contribution in [2.75, 3.05) is 13.7 Å². The zero-order chi connectivity index (χ0) is 11.4. The first-order valence-corrected chi connectivity index (χ1v) is 6.06. The van der Waals surface area contributed by atoms with Crippen LogP contribution in [0.1, 0.15) is 18.5 Å². The maximum atomic E-state index is 5.92. The van der Waals surface area contributed by atoms with E-state index in [0.717, 1.165) is 37.5 Å². The molecule has 0 aliphatic heterocycles. The monoisotopic (exact) mass is 240 g/mol. The van der Waals surface area contributed by atoms with E-state index in [1.807, 2.05) is 18.2 Å². The Hall–Kier alpha value is -0.800. The maximum Gasteiger partial charge on any atom is 0.213 e. The molecule has 1 fully saturated rings. The molecule has 0 atom stereocenters. The van der Waals surface area contributed by atoms with Gasteiger partial charge >= 0.3 is 0 Å². The van der Waals surface area contributed by atoms with Gasteiger partial charge in [0.05, 0.1) is 12.8 Å². The van der Waals surface area contributed by atoms with Gasteiger partial charge in [0, 0.05) is 18.0 Å². The van der Waals surface area contributed by atoms with Crippen molar-refractivity contribution >= 4 is 11.6 Å². The zero-order valence-electron chi connectivity index (χ0n) is 9.45. The van der Waals surface area contributed by atoms with Gasteiger partial charge in [-0.2, -0.15) is 0 Å². The zero-order valence-corrected chi connectivity index (χ0v) is 10.2. The molecule has 16 heavy (non-hydrogen) atoms. The molecular weight excluding hydrogens is 224 g/mol. The quantitative estimate of drug-likeness (QED) is 0.802. The van der Waals surface area contributed by atoms with Crippen LogP contribution in [0.3, 0.4) is 0 Å². The highest BCUT2D eigenvalue weighted by Gasteiger charge is 2.26. The maximum absolute atomic E-state index is 5.92. The Morgan fingerprint density at radius 1 is 1.50 bits per heavy atom. The largest absolute Gasteiger partial charge is 0.481 e. The van der Waals surface area contributed by atoms with E-state index in [1.165, 1.54) is 0 Å². The van der Waals surface area contributed by atoms with E-state index in [1.54, 1.807) is 7.11 Å². The molecule has 1 aromatic heterocycles. The Morgan fingerprint density at radius 3 is 3.00 bits per heavy atom. The number of methoxy groups -OCH3 is 1. The first kappa shape index (κ1) is 11.7. The van der Waals surface area contributed by atoms with Crippen molar-refractivity contribution in [1.29, 1.82) is 0 Å². The van der Waals surface area contributed by atoms with Crippen LogP contribution >= 0.6 is 11.6 Å². The van der Waals surface area contributed by atoms with E-state index in [-0.39, 0.29) is 0 Å². The molecule has 0 spiro atoms. The molecule has 3 nitrogen and oxygen atoms in total. The van der Waals surface area contributed by atoms with E-state index < -0.39 is 0 Å². The first-order valence-electron chi connectivity index (χ1n) is 5.62. The van der Waals surface area contributed by atoms with Gasteiger partial charge in [0.25, 0.3) is 0 Å². The summed E-state index contributed by atoms with van der Waals surface area (Å²) in [6, 6.07) is 5.81. The van der Waals surface area contributed by atoms with E-state index >= 15 is 0 Å². The lowest BCUT2D eigenvalue weighted by molar-refractivity contribution is 0.307. The summed E-state index contributed by atoms with van der Waals surface area (Å²) >= 11 is 5.92. The van der Waals surface area contributed by atoms with Crippen LogP contribution in [0.15, 0.2) is 18.2 Å². The molecule has 1 aromatic rings. The van der Waals surface area contributed by atoms with Gasteiger partial charge in [0.1, 0.15) is 0 Å². The Bertz CT molecular complexity index is 340. The Kier molecular flexibility index (Phi) is 4.02. The summed E-state index contributed by atoms with van der Waals surface area (Å²) in [7, 11) is 1.63. The summed E-state index contributed by atoms with van der Waals surface area (Å²) in [5, 5.41) is 3.80. The minimum Gasteiger partial charge on any atom is -0.481 e. The summed E-state index contributed by atoms with van der Waals surface area (Å²) < 4.78 is 5.07. The topological polar surface area (TPSA) is 34.1 Å². The molecule has 0 unspecified atom stereocenters. The van der Waals surface area contributed by atoms with Crippen molar-refractivity contribution < 1.29 is 4.74 Å². The molecule has 0 bridgehead atoms. The SMILES string of the molecule is COc1cccc(CNCC2CC(Cl)C2)n1. The van der Waals surface area contributed by atoms with Gasteiger partial charge < -0.3 is 10.1 Å². The lowest BCUT2D eigenvalue weighted by atomic mass is 9.85. The minimum absolute atomic E-state index is 0.404. The summed E-state index contributed by atoms with van der Waals surface area (Å²) in [5.74, 6) is 1.41. The molecule has 1 N–H and O–H groups in total. The summed E-state index contributed by atoms with van der Waals surface area (Å²) in [6.45, 7) is 1.82. The minimum atomic E-state index is 0.404. The van der Waals surface area contributed by atoms with E-state index in [2.05, 4.69) is 10.3 Å². The molecule has 1 aliphatic carbocycles. The van der Waals surface area contributed by atoms with E-state index in [4.69, 9.17) is 16.3 Å². The van der Waals surface area contributed by atoms with Gasteiger partial charge in [0.2, 0.25) is 5.88 Å². The molecule has 1 heterocycles. The van der Waals surface area contributed by atoms with Crippen LogP contribution in [0, 0.1) is 5.92 Å². The fraction of sp³-hybridized carbons (Fsp3) is 0.583. The third-order valence-electron chi connectivity index (χ3n) is 2.91. The van der Waals surface area contributed by atoms with E-state index in [9.17, 15) is 0 Å². The molecule has 0 amide bonds. The third kappa shape index (κ3) is 3.09. The number of nitrogens with one attached hydrogen (secondary N) is 1. The van der Waals surface area contributed by atoms with Crippen LogP contribution in [0.4, 0.5) is 0 Å². The van der Waals surface area contributed by atoms with Crippen LogP contribution < -0.4 is 10.1 Å². The third-order valence-corrected chi connectivity index (χ3v) is 3.26. The highest BCUT2D eigenvalue weighted by Crippen LogP contribution is 2.31. The number of nitrogens with zero attached hydrogens (tertiary/aromatic N) is 1. The van der Waals surface area contributed by atoms with Crippen LogP contribution in [-0.4, -0.2) is 24.0 Å². The normalized spacial score (nSPS) is 23.9. The van der Waals surface area contributed by atoms with Crippen molar-refractivity contribution in [1.82, 2.24) is 10.3 Å². The number of pyridine rings is 1. The van der Waals surface area contributed by atoms with Gasteiger partial charge in [-0.1, -0.05) is 6.07 Å². The fourth-order valence-electron chi connectivity index (χ4n) is 1.90. The highest BCUT2D eigenvalue weighted by molar-refractivity contribution is 6.21. The van der Waals surface area contributed by atoms with E-state index in [0.29, 0.717) is 11.3 Å². The van der Waals surface area contributed by atoms with Crippen LogP contribution in [-0.2, 0) is 6.54 Å². The van der Waals surface area contributed by atoms with Gasteiger partial charge in [-0.05, 0) is 31.4 Å². The average Bonchev–Trinajstić information content (AvgIpc) is 2.27. The van der Waals surface area contributed by atoms with Crippen LogP contribution in [0.5, 0.6) is 5.88 Å². The van der Waals surface area contributed by atoms with Gasteiger partial charge in [-0.15, -0.1) is 11.6 Å². The highest BCUT2D eigenvalue weighted by atomic mass is 35.5. The van der Waals surface area contributed by atoms with Crippen LogP contribution in [0.25, 0.3) is 0 Å². The molecule has 0 radical (unpaired) electrons. The lowest BCUT2D eigenvalue weighted by Gasteiger charge is -2.30. The molecule has 1 saturated carbocycles. The van der Waals surface area contributed by atoms with Gasteiger partial charge in [-0.25, -0.2) is 4.98 Å². The second kappa shape index (κ2) is 5.51. The Morgan fingerprint density at radius 2 is 2.31 bits per heavy atom. The van der Waals surface area contributed by atoms with Crippen molar-refractivity contribution in [3.8, 4) is 5.88 Å². The van der Waals surface area contributed by atoms with Crippen molar-refractivity contribution in [3.63, 3.8) is 0 Å². The Labute approximate surface area is 101 Å². The molecule has 1 aliphatic rings.